The number of ketones is 1. The lowest BCUT2D eigenvalue weighted by Gasteiger charge is -2.35. The van der Waals surface area contributed by atoms with Crippen LogP contribution in [0.25, 0.3) is 0 Å². The SMILES string of the molecule is COc1cc([C@H]2C(C(=O)Nc3ccccc3C)=C(C)NC3=C2C(=O)CCC3)cc(OC)c1OC. The number of aryl methyl sites for hydroxylation is 1. The maximum absolute atomic E-state index is 13.7. The second kappa shape index (κ2) is 9.63. The van der Waals surface area contributed by atoms with Crippen molar-refractivity contribution in [3.63, 3.8) is 0 Å². The van der Waals surface area contributed by atoms with Crippen molar-refractivity contribution in [2.75, 3.05) is 26.6 Å². The van der Waals surface area contributed by atoms with Crippen LogP contribution < -0.4 is 24.8 Å². The first-order valence-electron chi connectivity index (χ1n) is 11.3. The fourth-order valence-corrected chi connectivity index (χ4v) is 4.79. The first-order valence-corrected chi connectivity index (χ1v) is 11.3. The molecule has 0 saturated heterocycles. The molecule has 2 aromatic carbocycles. The van der Waals surface area contributed by atoms with Gasteiger partial charge >= 0.3 is 0 Å². The van der Waals surface area contributed by atoms with Gasteiger partial charge in [-0.25, -0.2) is 0 Å². The molecule has 0 radical (unpaired) electrons. The minimum Gasteiger partial charge on any atom is -0.493 e. The molecule has 0 bridgehead atoms. The Hall–Kier alpha value is -3.74. The van der Waals surface area contributed by atoms with E-state index < -0.39 is 5.92 Å². The zero-order valence-electron chi connectivity index (χ0n) is 20.2. The number of ether oxygens (including phenoxy) is 3. The Bertz CT molecular complexity index is 1190. The van der Waals surface area contributed by atoms with E-state index in [0.29, 0.717) is 34.8 Å². The number of carbonyl (C=O) groups excluding carboxylic acids is 2. The summed E-state index contributed by atoms with van der Waals surface area (Å²) in [6, 6.07) is 11.2. The van der Waals surface area contributed by atoms with Gasteiger partial charge in [-0.2, -0.15) is 0 Å². The van der Waals surface area contributed by atoms with Crippen molar-refractivity contribution in [2.24, 2.45) is 0 Å². The molecule has 2 N–H and O–H groups in total. The summed E-state index contributed by atoms with van der Waals surface area (Å²) in [6.07, 6.45) is 1.99. The summed E-state index contributed by atoms with van der Waals surface area (Å²) in [4.78, 5) is 26.9. The van der Waals surface area contributed by atoms with Gasteiger partial charge in [0.15, 0.2) is 17.3 Å². The number of benzene rings is 2. The highest BCUT2D eigenvalue weighted by Crippen LogP contribution is 2.47. The summed E-state index contributed by atoms with van der Waals surface area (Å²) in [5.41, 5.74) is 5.13. The summed E-state index contributed by atoms with van der Waals surface area (Å²) in [7, 11) is 4.64. The Balaban J connectivity index is 1.88. The second-order valence-corrected chi connectivity index (χ2v) is 8.49. The Morgan fingerprint density at radius 2 is 1.68 bits per heavy atom. The Morgan fingerprint density at radius 1 is 1.00 bits per heavy atom. The second-order valence-electron chi connectivity index (χ2n) is 8.49. The molecule has 1 atom stereocenters. The van der Waals surface area contributed by atoms with Gasteiger partial charge in [-0.05, 0) is 56.0 Å². The van der Waals surface area contributed by atoms with E-state index >= 15 is 0 Å². The molecule has 0 spiro atoms. The van der Waals surface area contributed by atoms with E-state index in [2.05, 4.69) is 10.6 Å². The Labute approximate surface area is 199 Å². The maximum Gasteiger partial charge on any atom is 0.254 e. The highest BCUT2D eigenvalue weighted by atomic mass is 16.5. The van der Waals surface area contributed by atoms with E-state index in [4.69, 9.17) is 14.2 Å². The summed E-state index contributed by atoms with van der Waals surface area (Å²) >= 11 is 0. The van der Waals surface area contributed by atoms with Crippen LogP contribution in [0.4, 0.5) is 5.69 Å². The summed E-state index contributed by atoms with van der Waals surface area (Å²) in [5.74, 6) is 0.610. The number of rotatable bonds is 6. The van der Waals surface area contributed by atoms with Crippen LogP contribution in [0.15, 0.2) is 58.9 Å². The number of nitrogens with one attached hydrogen (secondary N) is 2. The van der Waals surface area contributed by atoms with Crippen molar-refractivity contribution in [3.8, 4) is 17.2 Å². The molecule has 1 aliphatic heterocycles. The number of allylic oxidation sites excluding steroid dienone is 3. The number of Topliss-reactive ketones (excluding diaryl/α,β-unsaturated/α-hetero) is 1. The first kappa shape index (κ1) is 23.4. The molecule has 1 aliphatic carbocycles. The van der Waals surface area contributed by atoms with Gasteiger partial charge in [-0.15, -0.1) is 0 Å². The topological polar surface area (TPSA) is 85.9 Å². The first-order chi connectivity index (χ1) is 16.4. The van der Waals surface area contributed by atoms with Crippen molar-refractivity contribution in [1.82, 2.24) is 5.32 Å². The molecular weight excluding hydrogens is 432 g/mol. The fourth-order valence-electron chi connectivity index (χ4n) is 4.79. The van der Waals surface area contributed by atoms with Crippen molar-refractivity contribution in [3.05, 3.63) is 70.1 Å². The van der Waals surface area contributed by atoms with Crippen molar-refractivity contribution in [1.29, 1.82) is 0 Å². The van der Waals surface area contributed by atoms with Gasteiger partial charge in [0.25, 0.3) is 5.91 Å². The molecular formula is C27H30N2O5. The van der Waals surface area contributed by atoms with E-state index in [-0.39, 0.29) is 11.7 Å². The average molecular weight is 463 g/mol. The number of hydrogen-bond acceptors (Lipinski definition) is 6. The lowest BCUT2D eigenvalue weighted by molar-refractivity contribution is -0.116. The van der Waals surface area contributed by atoms with Gasteiger partial charge < -0.3 is 24.8 Å². The predicted molar refractivity (Wildman–Crippen MR) is 130 cm³/mol. The quantitative estimate of drug-likeness (QED) is 0.651. The molecule has 7 nitrogen and oxygen atoms in total. The fraction of sp³-hybridized carbons (Fsp3) is 0.333. The molecule has 0 saturated carbocycles. The van der Waals surface area contributed by atoms with Gasteiger partial charge in [-0.3, -0.25) is 9.59 Å². The molecule has 178 valence electrons. The van der Waals surface area contributed by atoms with E-state index in [1.54, 1.807) is 21.3 Å². The van der Waals surface area contributed by atoms with E-state index in [9.17, 15) is 9.59 Å². The van der Waals surface area contributed by atoms with Gasteiger partial charge in [0.2, 0.25) is 5.75 Å². The van der Waals surface area contributed by atoms with Gasteiger partial charge in [-0.1, -0.05) is 18.2 Å². The van der Waals surface area contributed by atoms with Crippen LogP contribution in [0.2, 0.25) is 0 Å². The van der Waals surface area contributed by atoms with Crippen LogP contribution in [0.3, 0.4) is 0 Å². The number of amides is 1. The zero-order chi connectivity index (χ0) is 24.4. The minimum absolute atomic E-state index is 0.0428. The standard InChI is InChI=1S/C27H30N2O5/c1-15-9-6-7-10-18(15)29-27(31)23-16(2)28-19-11-8-12-20(30)25(19)24(23)17-13-21(32-3)26(34-5)22(14-17)33-4/h6-7,9-10,13-14,24,28H,8,11-12H2,1-5H3,(H,29,31)/t24-/m0/s1. The van der Waals surface area contributed by atoms with E-state index in [1.165, 1.54) is 0 Å². The largest absolute Gasteiger partial charge is 0.493 e. The van der Waals surface area contributed by atoms with Crippen molar-refractivity contribution < 1.29 is 23.8 Å². The molecule has 7 heteroatoms. The third-order valence-corrected chi connectivity index (χ3v) is 6.43. The third kappa shape index (κ3) is 4.14. The molecule has 34 heavy (non-hydrogen) atoms. The van der Waals surface area contributed by atoms with Crippen molar-refractivity contribution in [2.45, 2.75) is 39.0 Å². The summed E-state index contributed by atoms with van der Waals surface area (Å²) in [6.45, 7) is 3.82. The van der Waals surface area contributed by atoms with E-state index in [1.807, 2.05) is 50.2 Å². The van der Waals surface area contributed by atoms with Crippen LogP contribution in [-0.4, -0.2) is 33.0 Å². The lowest BCUT2D eigenvalue weighted by atomic mass is 9.75. The van der Waals surface area contributed by atoms with Crippen LogP contribution in [-0.2, 0) is 9.59 Å². The maximum atomic E-state index is 13.7. The van der Waals surface area contributed by atoms with Crippen LogP contribution in [0, 0.1) is 6.92 Å². The molecule has 0 unspecified atom stereocenters. The van der Waals surface area contributed by atoms with Crippen LogP contribution in [0.5, 0.6) is 17.2 Å². The normalized spacial score (nSPS) is 17.7. The van der Waals surface area contributed by atoms with E-state index in [0.717, 1.165) is 41.1 Å². The Morgan fingerprint density at radius 3 is 2.29 bits per heavy atom. The number of carbonyl (C=O) groups is 2. The van der Waals surface area contributed by atoms with Crippen LogP contribution in [0.1, 0.15) is 43.2 Å². The highest BCUT2D eigenvalue weighted by molar-refractivity contribution is 6.10. The van der Waals surface area contributed by atoms with Gasteiger partial charge in [0.05, 0.1) is 21.3 Å². The number of anilines is 1. The Kier molecular flexibility index (Phi) is 6.63. The smallest absolute Gasteiger partial charge is 0.254 e. The average Bonchev–Trinajstić information content (AvgIpc) is 2.83. The molecule has 1 heterocycles. The third-order valence-electron chi connectivity index (χ3n) is 6.43. The van der Waals surface area contributed by atoms with Gasteiger partial charge in [0, 0.05) is 40.6 Å². The number of hydrogen-bond donors (Lipinski definition) is 2. The molecule has 2 aliphatic rings. The highest BCUT2D eigenvalue weighted by Gasteiger charge is 2.39. The number of methoxy groups -OCH3 is 3. The monoisotopic (exact) mass is 462 g/mol. The predicted octanol–water partition coefficient (Wildman–Crippen LogP) is 4.63. The lowest BCUT2D eigenvalue weighted by Crippen LogP contribution is -2.35. The molecule has 0 aromatic heterocycles. The molecule has 2 aromatic rings. The molecule has 4 rings (SSSR count). The van der Waals surface area contributed by atoms with Crippen LogP contribution >= 0.6 is 0 Å². The molecule has 1 amide bonds. The summed E-state index contributed by atoms with van der Waals surface area (Å²) < 4.78 is 16.6. The summed E-state index contributed by atoms with van der Waals surface area (Å²) in [5, 5.41) is 6.39. The number of para-hydroxylation sites is 1. The number of dihydropyridines is 1. The van der Waals surface area contributed by atoms with Gasteiger partial charge in [0.1, 0.15) is 0 Å². The molecule has 0 fully saturated rings. The minimum atomic E-state index is -0.568. The zero-order valence-corrected chi connectivity index (χ0v) is 20.2. The van der Waals surface area contributed by atoms with Crippen molar-refractivity contribution >= 4 is 17.4 Å².